The van der Waals surface area contributed by atoms with Crippen molar-refractivity contribution in [3.63, 3.8) is 0 Å². The number of guanidine groups is 2. The fourth-order valence-electron chi connectivity index (χ4n) is 1.76. The first-order valence-corrected chi connectivity index (χ1v) is 5.65. The highest BCUT2D eigenvalue weighted by Crippen LogP contribution is 2.43. The normalized spacial score (nSPS) is 10.9. The van der Waals surface area contributed by atoms with Crippen LogP contribution in [0, 0.1) is 17.0 Å². The van der Waals surface area contributed by atoms with E-state index in [1.807, 2.05) is 0 Å². The Hall–Kier alpha value is -3.04. The largest absolute Gasteiger partial charge is 0.494 e. The van der Waals surface area contributed by atoms with Crippen molar-refractivity contribution in [3.8, 4) is 11.5 Å². The molecule has 0 atom stereocenters. The third-order valence-electron chi connectivity index (χ3n) is 2.50. The van der Waals surface area contributed by atoms with Crippen molar-refractivity contribution in [1.29, 1.82) is 0 Å². The first kappa shape index (κ1) is 16.0. The van der Waals surface area contributed by atoms with Crippen molar-refractivity contribution in [2.24, 2.45) is 27.2 Å². The van der Waals surface area contributed by atoms with Gasteiger partial charge in [-0.3, -0.25) is 10.1 Å². The first-order chi connectivity index (χ1) is 9.81. The maximum absolute atomic E-state index is 11.1. The summed E-state index contributed by atoms with van der Waals surface area (Å²) in [5, 5.41) is 11.1. The van der Waals surface area contributed by atoms with Gasteiger partial charge in [0.1, 0.15) is 5.69 Å². The number of hydrogen-bond donors (Lipinski definition) is 3. The van der Waals surface area contributed by atoms with E-state index in [1.54, 1.807) is 6.92 Å². The third kappa shape index (κ3) is 3.49. The Balaban J connectivity index is 3.59. The highest BCUT2D eigenvalue weighted by molar-refractivity contribution is 5.94. The van der Waals surface area contributed by atoms with Crippen LogP contribution in [0.25, 0.3) is 0 Å². The number of nitrogens with two attached hydrogens (primary N) is 3. The average molecular weight is 296 g/mol. The minimum atomic E-state index is -0.596. The number of benzene rings is 1. The van der Waals surface area contributed by atoms with Gasteiger partial charge in [-0.2, -0.15) is 4.99 Å². The number of aliphatic imine (C=N–C) groups is 2. The summed E-state index contributed by atoms with van der Waals surface area (Å²) in [5.41, 5.74) is 16.1. The smallest absolute Gasteiger partial charge is 0.313 e. The van der Waals surface area contributed by atoms with Gasteiger partial charge in [-0.05, 0) is 6.92 Å². The lowest BCUT2D eigenvalue weighted by Gasteiger charge is -2.12. The second kappa shape index (κ2) is 6.41. The zero-order valence-corrected chi connectivity index (χ0v) is 11.8. The van der Waals surface area contributed by atoms with Crippen LogP contribution in [0.2, 0.25) is 0 Å². The topological polar surface area (TPSA) is 164 Å². The van der Waals surface area contributed by atoms with E-state index in [4.69, 9.17) is 26.7 Å². The SMILES string of the molecule is COc1c(N=C(N)N=C(N)N)cc([N+](=O)[O-])c(OC)c1C. The van der Waals surface area contributed by atoms with E-state index in [0.717, 1.165) is 0 Å². The standard InChI is InChI=1S/C11H16N6O4/c1-5-8(20-2)6(15-11(14)16-10(12)13)4-7(17(18)19)9(5)21-3/h4H,1-3H3,(H6,12,13,14,15,16). The molecule has 0 heterocycles. The molecule has 0 aliphatic carbocycles. The van der Waals surface area contributed by atoms with Crippen LogP contribution in [0.3, 0.4) is 0 Å². The molecule has 0 aliphatic heterocycles. The van der Waals surface area contributed by atoms with Gasteiger partial charge in [-0.15, -0.1) is 0 Å². The number of nitro benzene ring substituents is 1. The highest BCUT2D eigenvalue weighted by Gasteiger charge is 2.24. The first-order valence-electron chi connectivity index (χ1n) is 5.65. The molecular weight excluding hydrogens is 280 g/mol. The molecule has 0 aromatic heterocycles. The Kier molecular flexibility index (Phi) is 4.89. The summed E-state index contributed by atoms with van der Waals surface area (Å²) < 4.78 is 10.2. The number of nitro groups is 1. The molecule has 0 saturated carbocycles. The predicted octanol–water partition coefficient (Wildman–Crippen LogP) is 0.140. The maximum atomic E-state index is 11.1. The summed E-state index contributed by atoms with van der Waals surface area (Å²) in [6, 6.07) is 1.17. The summed E-state index contributed by atoms with van der Waals surface area (Å²) >= 11 is 0. The lowest BCUT2D eigenvalue weighted by Crippen LogP contribution is -2.26. The van der Waals surface area contributed by atoms with Crippen molar-refractivity contribution in [1.82, 2.24) is 0 Å². The van der Waals surface area contributed by atoms with Gasteiger partial charge < -0.3 is 26.7 Å². The quantitative estimate of drug-likeness (QED) is 0.307. The van der Waals surface area contributed by atoms with E-state index < -0.39 is 4.92 Å². The lowest BCUT2D eigenvalue weighted by atomic mass is 10.1. The molecule has 1 aromatic carbocycles. The van der Waals surface area contributed by atoms with Crippen LogP contribution >= 0.6 is 0 Å². The zero-order chi connectivity index (χ0) is 16.2. The molecule has 0 radical (unpaired) electrons. The minimum Gasteiger partial charge on any atom is -0.494 e. The van der Waals surface area contributed by atoms with E-state index in [0.29, 0.717) is 5.56 Å². The van der Waals surface area contributed by atoms with Crippen LogP contribution < -0.4 is 26.7 Å². The molecule has 0 saturated heterocycles. The monoisotopic (exact) mass is 296 g/mol. The number of ether oxygens (including phenoxy) is 2. The molecule has 0 unspecified atom stereocenters. The second-order valence-corrected chi connectivity index (χ2v) is 3.87. The molecule has 10 heteroatoms. The predicted molar refractivity (Wildman–Crippen MR) is 78.0 cm³/mol. The van der Waals surface area contributed by atoms with Gasteiger partial charge in [0.25, 0.3) is 0 Å². The van der Waals surface area contributed by atoms with Gasteiger partial charge in [-0.1, -0.05) is 0 Å². The van der Waals surface area contributed by atoms with Gasteiger partial charge >= 0.3 is 5.69 Å². The van der Waals surface area contributed by atoms with Crippen molar-refractivity contribution >= 4 is 23.3 Å². The average Bonchev–Trinajstić information content (AvgIpc) is 2.37. The number of nitrogens with zero attached hydrogens (tertiary/aromatic N) is 3. The minimum absolute atomic E-state index is 0.0798. The summed E-state index contributed by atoms with van der Waals surface area (Å²) in [4.78, 5) is 17.9. The Labute approximate surface area is 120 Å². The van der Waals surface area contributed by atoms with E-state index >= 15 is 0 Å². The molecule has 0 spiro atoms. The van der Waals surface area contributed by atoms with Gasteiger partial charge in [0.15, 0.2) is 11.7 Å². The third-order valence-corrected chi connectivity index (χ3v) is 2.50. The summed E-state index contributed by atoms with van der Waals surface area (Å²) in [6.07, 6.45) is 0. The second-order valence-electron chi connectivity index (χ2n) is 3.87. The lowest BCUT2D eigenvalue weighted by molar-refractivity contribution is -0.385. The molecule has 0 aliphatic rings. The summed E-state index contributed by atoms with van der Waals surface area (Å²) in [6.45, 7) is 1.60. The van der Waals surface area contributed by atoms with Crippen LogP contribution in [0.15, 0.2) is 16.1 Å². The molecule has 1 aromatic rings. The number of methoxy groups -OCH3 is 2. The summed E-state index contributed by atoms with van der Waals surface area (Å²) in [5.74, 6) is -0.190. The molecule has 10 nitrogen and oxygen atoms in total. The maximum Gasteiger partial charge on any atom is 0.313 e. The molecule has 0 fully saturated rings. The van der Waals surface area contributed by atoms with Crippen LogP contribution in [-0.4, -0.2) is 31.1 Å². The molecule has 6 N–H and O–H groups in total. The fraction of sp³-hybridized carbons (Fsp3) is 0.273. The molecule has 0 amide bonds. The van der Waals surface area contributed by atoms with Crippen LogP contribution in [-0.2, 0) is 0 Å². The molecule has 0 bridgehead atoms. The van der Waals surface area contributed by atoms with Crippen molar-refractivity contribution in [3.05, 3.63) is 21.7 Å². The van der Waals surface area contributed by atoms with Crippen LogP contribution in [0.5, 0.6) is 11.5 Å². The highest BCUT2D eigenvalue weighted by atomic mass is 16.6. The molecule has 21 heavy (non-hydrogen) atoms. The van der Waals surface area contributed by atoms with Crippen molar-refractivity contribution in [2.75, 3.05) is 14.2 Å². The number of hydrogen-bond acceptors (Lipinski definition) is 5. The van der Waals surface area contributed by atoms with Gasteiger partial charge in [0.2, 0.25) is 11.7 Å². The van der Waals surface area contributed by atoms with E-state index in [-0.39, 0.29) is 34.8 Å². The van der Waals surface area contributed by atoms with E-state index in [9.17, 15) is 10.1 Å². The Morgan fingerprint density at radius 2 is 1.81 bits per heavy atom. The van der Waals surface area contributed by atoms with E-state index in [2.05, 4.69) is 9.98 Å². The van der Waals surface area contributed by atoms with E-state index in [1.165, 1.54) is 20.3 Å². The Bertz CT molecular complexity index is 622. The fourth-order valence-corrected chi connectivity index (χ4v) is 1.76. The van der Waals surface area contributed by atoms with Gasteiger partial charge in [0.05, 0.1) is 19.1 Å². The Morgan fingerprint density at radius 1 is 1.24 bits per heavy atom. The van der Waals surface area contributed by atoms with Gasteiger partial charge in [0, 0.05) is 11.6 Å². The Morgan fingerprint density at radius 3 is 2.24 bits per heavy atom. The number of rotatable bonds is 4. The molecular formula is C11H16N6O4. The van der Waals surface area contributed by atoms with Crippen LogP contribution in [0.1, 0.15) is 5.56 Å². The van der Waals surface area contributed by atoms with Crippen molar-refractivity contribution in [2.45, 2.75) is 6.92 Å². The van der Waals surface area contributed by atoms with Gasteiger partial charge in [-0.25, -0.2) is 4.99 Å². The zero-order valence-electron chi connectivity index (χ0n) is 11.8. The van der Waals surface area contributed by atoms with Crippen LogP contribution in [0.4, 0.5) is 11.4 Å². The summed E-state index contributed by atoms with van der Waals surface area (Å²) in [7, 11) is 2.72. The van der Waals surface area contributed by atoms with Crippen molar-refractivity contribution < 1.29 is 14.4 Å². The molecule has 1 rings (SSSR count). The molecule has 114 valence electrons.